The van der Waals surface area contributed by atoms with E-state index in [9.17, 15) is 18.4 Å². The molecule has 8 heteroatoms. The predicted molar refractivity (Wildman–Crippen MR) is 80.5 cm³/mol. The summed E-state index contributed by atoms with van der Waals surface area (Å²) in [6.45, 7) is -2.14. The number of amides is 1. The molecule has 0 atom stereocenters. The minimum absolute atomic E-state index is 0.0557. The van der Waals surface area contributed by atoms with Crippen LogP contribution in [-0.4, -0.2) is 48.7 Å². The molecule has 0 aliphatic carbocycles. The van der Waals surface area contributed by atoms with E-state index in [0.29, 0.717) is 25.9 Å². The van der Waals surface area contributed by atoms with Gasteiger partial charge in [0.05, 0.1) is 7.11 Å². The number of piperidine rings is 1. The van der Waals surface area contributed by atoms with Gasteiger partial charge in [-0.2, -0.15) is 8.78 Å². The van der Waals surface area contributed by atoms with Gasteiger partial charge < -0.3 is 19.5 Å². The number of ether oxygens (including phenoxy) is 2. The highest BCUT2D eigenvalue weighted by Crippen LogP contribution is 2.30. The maximum Gasteiger partial charge on any atom is 0.387 e. The van der Waals surface area contributed by atoms with Gasteiger partial charge in [0.25, 0.3) is 5.91 Å². The van der Waals surface area contributed by atoms with Crippen molar-refractivity contribution in [1.29, 1.82) is 0 Å². The zero-order valence-corrected chi connectivity index (χ0v) is 13.2. The van der Waals surface area contributed by atoms with Gasteiger partial charge >= 0.3 is 12.6 Å². The number of carboxylic acids is 1. The topological polar surface area (TPSA) is 76.1 Å². The van der Waals surface area contributed by atoms with Crippen molar-refractivity contribution < 1.29 is 33.0 Å². The Labute approximate surface area is 138 Å². The van der Waals surface area contributed by atoms with Crippen molar-refractivity contribution >= 4 is 11.9 Å². The van der Waals surface area contributed by atoms with E-state index in [1.165, 1.54) is 25.3 Å². The lowest BCUT2D eigenvalue weighted by molar-refractivity contribution is -0.138. The Balaban J connectivity index is 2.06. The molecule has 1 aromatic rings. The van der Waals surface area contributed by atoms with Crippen LogP contribution in [0, 0.1) is 5.92 Å². The Hall–Kier alpha value is -2.38. The molecule has 0 unspecified atom stereocenters. The molecule has 1 amide bonds. The van der Waals surface area contributed by atoms with Crippen LogP contribution in [0.1, 0.15) is 29.6 Å². The van der Waals surface area contributed by atoms with E-state index >= 15 is 0 Å². The lowest BCUT2D eigenvalue weighted by Crippen LogP contribution is -2.38. The highest BCUT2D eigenvalue weighted by Gasteiger charge is 2.25. The van der Waals surface area contributed by atoms with Crippen LogP contribution in [0.3, 0.4) is 0 Å². The molecule has 1 N–H and O–H groups in total. The number of alkyl halides is 2. The van der Waals surface area contributed by atoms with Crippen LogP contribution < -0.4 is 9.47 Å². The number of hydrogen-bond donors (Lipinski definition) is 1. The van der Waals surface area contributed by atoms with Gasteiger partial charge in [-0.05, 0) is 37.0 Å². The average molecular weight is 343 g/mol. The fourth-order valence-corrected chi connectivity index (χ4v) is 2.77. The lowest BCUT2D eigenvalue weighted by atomic mass is 9.93. The van der Waals surface area contributed by atoms with E-state index in [-0.39, 0.29) is 35.3 Å². The summed E-state index contributed by atoms with van der Waals surface area (Å²) < 4.78 is 34.2. The van der Waals surface area contributed by atoms with Crippen molar-refractivity contribution in [1.82, 2.24) is 4.90 Å². The van der Waals surface area contributed by atoms with Crippen LogP contribution >= 0.6 is 0 Å². The monoisotopic (exact) mass is 343 g/mol. The van der Waals surface area contributed by atoms with Gasteiger partial charge in [-0.3, -0.25) is 9.59 Å². The number of rotatable bonds is 6. The number of hydrogen-bond acceptors (Lipinski definition) is 4. The molecule has 0 aromatic heterocycles. The Bertz CT molecular complexity index is 600. The normalized spacial score (nSPS) is 15.4. The minimum atomic E-state index is -3.02. The van der Waals surface area contributed by atoms with E-state index in [2.05, 4.69) is 4.74 Å². The number of methoxy groups -OCH3 is 1. The van der Waals surface area contributed by atoms with Crippen molar-refractivity contribution in [3.63, 3.8) is 0 Å². The van der Waals surface area contributed by atoms with Gasteiger partial charge in [0.1, 0.15) is 0 Å². The Morgan fingerprint density at radius 1 is 1.29 bits per heavy atom. The molecule has 0 spiro atoms. The van der Waals surface area contributed by atoms with Crippen molar-refractivity contribution in [3.8, 4) is 11.5 Å². The number of aliphatic carboxylic acids is 1. The molecule has 1 aliphatic rings. The molecule has 1 fully saturated rings. The summed E-state index contributed by atoms with van der Waals surface area (Å²) in [5.74, 6) is -1.17. The first-order chi connectivity index (χ1) is 11.4. The molecule has 6 nitrogen and oxygen atoms in total. The zero-order valence-electron chi connectivity index (χ0n) is 13.2. The number of carboxylic acid groups (broad SMARTS) is 1. The number of benzene rings is 1. The van der Waals surface area contributed by atoms with Crippen LogP contribution in [0.4, 0.5) is 8.78 Å². The smallest absolute Gasteiger partial charge is 0.387 e. The third-order valence-corrected chi connectivity index (χ3v) is 3.99. The maximum atomic E-state index is 12.5. The number of halogens is 2. The largest absolute Gasteiger partial charge is 0.493 e. The molecule has 1 heterocycles. The Morgan fingerprint density at radius 3 is 2.50 bits per heavy atom. The molecule has 0 radical (unpaired) electrons. The van der Waals surface area contributed by atoms with Crippen molar-refractivity contribution in [2.24, 2.45) is 5.92 Å². The summed E-state index contributed by atoms with van der Waals surface area (Å²) in [5.41, 5.74) is 0.225. The van der Waals surface area contributed by atoms with Crippen molar-refractivity contribution in [2.75, 3.05) is 20.2 Å². The second kappa shape index (κ2) is 7.94. The Morgan fingerprint density at radius 2 is 1.96 bits per heavy atom. The molecule has 24 heavy (non-hydrogen) atoms. The third kappa shape index (κ3) is 4.56. The molecule has 2 rings (SSSR count). The highest BCUT2D eigenvalue weighted by atomic mass is 19.3. The van der Waals surface area contributed by atoms with E-state index in [4.69, 9.17) is 9.84 Å². The molecular weight excluding hydrogens is 324 g/mol. The molecule has 1 aliphatic heterocycles. The highest BCUT2D eigenvalue weighted by molar-refractivity contribution is 5.95. The number of likely N-dealkylation sites (tertiary alicyclic amines) is 1. The summed E-state index contributed by atoms with van der Waals surface area (Å²) in [6, 6.07) is 4.13. The lowest BCUT2D eigenvalue weighted by Gasteiger charge is -2.31. The quantitative estimate of drug-likeness (QED) is 0.859. The van der Waals surface area contributed by atoms with Gasteiger partial charge in [0.15, 0.2) is 11.5 Å². The van der Waals surface area contributed by atoms with Crippen molar-refractivity contribution in [2.45, 2.75) is 25.9 Å². The van der Waals surface area contributed by atoms with Gasteiger partial charge in [0, 0.05) is 25.1 Å². The standard InChI is InChI=1S/C16H19F2NO5/c1-23-12-3-2-11(9-13(12)24-16(17)18)15(22)19-6-4-10(5-7-19)8-14(20)21/h2-3,9-10,16H,4-8H2,1H3,(H,20,21). The first-order valence-electron chi connectivity index (χ1n) is 7.54. The van der Waals surface area contributed by atoms with Crippen LogP contribution in [0.2, 0.25) is 0 Å². The first-order valence-corrected chi connectivity index (χ1v) is 7.54. The second-order valence-corrected chi connectivity index (χ2v) is 5.58. The van der Waals surface area contributed by atoms with Crippen LogP contribution in [-0.2, 0) is 4.79 Å². The number of carbonyl (C=O) groups excluding carboxylic acids is 1. The zero-order chi connectivity index (χ0) is 17.7. The molecule has 0 saturated carbocycles. The predicted octanol–water partition coefficient (Wildman–Crippen LogP) is 2.62. The van der Waals surface area contributed by atoms with Crippen LogP contribution in [0.5, 0.6) is 11.5 Å². The Kier molecular flexibility index (Phi) is 5.94. The maximum absolute atomic E-state index is 12.5. The van der Waals surface area contributed by atoms with Crippen LogP contribution in [0.15, 0.2) is 18.2 Å². The molecule has 132 valence electrons. The van der Waals surface area contributed by atoms with E-state index in [1.54, 1.807) is 4.90 Å². The van der Waals surface area contributed by atoms with E-state index in [0.717, 1.165) is 0 Å². The first kappa shape index (κ1) is 18.0. The van der Waals surface area contributed by atoms with Gasteiger partial charge in [0.2, 0.25) is 0 Å². The summed E-state index contributed by atoms with van der Waals surface area (Å²) >= 11 is 0. The van der Waals surface area contributed by atoms with Gasteiger partial charge in [-0.25, -0.2) is 0 Å². The molecular formula is C16H19F2NO5. The van der Waals surface area contributed by atoms with Gasteiger partial charge in [-0.15, -0.1) is 0 Å². The van der Waals surface area contributed by atoms with E-state index < -0.39 is 12.6 Å². The average Bonchev–Trinajstić information content (AvgIpc) is 2.53. The number of carbonyl (C=O) groups is 2. The fraction of sp³-hybridized carbons (Fsp3) is 0.500. The van der Waals surface area contributed by atoms with E-state index in [1.807, 2.05) is 0 Å². The molecule has 0 bridgehead atoms. The summed E-state index contributed by atoms with van der Waals surface area (Å²) in [5, 5.41) is 8.80. The summed E-state index contributed by atoms with van der Waals surface area (Å²) in [4.78, 5) is 24.8. The van der Waals surface area contributed by atoms with Crippen LogP contribution in [0.25, 0.3) is 0 Å². The summed E-state index contributed by atoms with van der Waals surface area (Å²) in [7, 11) is 1.32. The third-order valence-electron chi connectivity index (χ3n) is 3.99. The summed E-state index contributed by atoms with van der Waals surface area (Å²) in [6.07, 6.45) is 1.31. The molecule has 1 aromatic carbocycles. The minimum Gasteiger partial charge on any atom is -0.493 e. The number of nitrogens with zero attached hydrogens (tertiary/aromatic N) is 1. The van der Waals surface area contributed by atoms with Gasteiger partial charge in [-0.1, -0.05) is 0 Å². The fourth-order valence-electron chi connectivity index (χ4n) is 2.77. The van der Waals surface area contributed by atoms with Crippen molar-refractivity contribution in [3.05, 3.63) is 23.8 Å². The SMILES string of the molecule is COc1ccc(C(=O)N2CCC(CC(=O)O)CC2)cc1OC(F)F. The second-order valence-electron chi connectivity index (χ2n) is 5.58. The molecule has 1 saturated heterocycles.